The van der Waals surface area contributed by atoms with Crippen LogP contribution >= 0.6 is 12.2 Å². The Morgan fingerprint density at radius 3 is 1.68 bits per heavy atom. The third-order valence-electron chi connectivity index (χ3n) is 7.72. The number of fused-ring (bicyclic) bond motifs is 2. The van der Waals surface area contributed by atoms with Crippen LogP contribution in [-0.2, 0) is 27.3 Å². The molecule has 4 rings (SSSR count). The van der Waals surface area contributed by atoms with Crippen molar-refractivity contribution in [1.82, 2.24) is 5.32 Å². The van der Waals surface area contributed by atoms with Crippen LogP contribution in [0, 0.1) is 5.41 Å². The van der Waals surface area contributed by atoms with Crippen molar-refractivity contribution in [2.75, 3.05) is 16.0 Å². The number of para-hydroxylation sites is 2. The molecule has 1 heterocycles. The lowest BCUT2D eigenvalue weighted by molar-refractivity contribution is -0.143. The van der Waals surface area contributed by atoms with Crippen LogP contribution in [0.1, 0.15) is 77.6 Å². The molecule has 0 saturated carbocycles. The van der Waals surface area contributed by atoms with Crippen LogP contribution in [0.3, 0.4) is 0 Å². The average Bonchev–Trinajstić information content (AvgIpc) is 2.94. The predicted octanol–water partition coefficient (Wildman–Crippen LogP) is 9.84. The molecule has 0 fully saturated rings. The van der Waals surface area contributed by atoms with Gasteiger partial charge in [-0.2, -0.15) is 26.3 Å². The molecule has 1 aliphatic heterocycles. The minimum absolute atomic E-state index is 0.0241. The van der Waals surface area contributed by atoms with E-state index in [2.05, 4.69) is 21.3 Å². The van der Waals surface area contributed by atoms with Gasteiger partial charge in [-0.1, -0.05) is 58.9 Å². The molecule has 270 valence electrons. The lowest BCUT2D eigenvalue weighted by Gasteiger charge is -2.37. The summed E-state index contributed by atoms with van der Waals surface area (Å²) in [5.41, 5.74) is -3.86. The summed E-state index contributed by atoms with van der Waals surface area (Å²) in [6.07, 6.45) is -10.8. The second-order valence-electron chi connectivity index (χ2n) is 14.4. The third kappa shape index (κ3) is 8.79. The summed E-state index contributed by atoms with van der Waals surface area (Å²) in [5.74, 6) is -0.000659. The smallest absolute Gasteiger partial charge is 0.416 e. The molecule has 0 radical (unpaired) electrons. The van der Waals surface area contributed by atoms with Crippen LogP contribution in [-0.4, -0.2) is 28.8 Å². The quantitative estimate of drug-likeness (QED) is 0.154. The molecule has 1 atom stereocenters. The van der Waals surface area contributed by atoms with Crippen molar-refractivity contribution < 1.29 is 45.4 Å². The second-order valence-corrected chi connectivity index (χ2v) is 14.8. The first-order valence-electron chi connectivity index (χ1n) is 15.4. The Bertz CT molecular complexity index is 1780. The number of thiocarbonyl (C=S) groups is 1. The number of nitrogens with one attached hydrogen (secondary N) is 4. The molecule has 0 unspecified atom stereocenters. The number of hydrogen-bond donors (Lipinski definition) is 4. The van der Waals surface area contributed by atoms with Gasteiger partial charge < -0.3 is 30.7 Å². The maximum absolute atomic E-state index is 13.7. The molecule has 15 heteroatoms. The Hall–Kier alpha value is -4.53. The summed E-state index contributed by atoms with van der Waals surface area (Å²) in [7, 11) is 0. The van der Waals surface area contributed by atoms with Gasteiger partial charge in [-0.3, -0.25) is 4.79 Å². The topological polar surface area (TPSA) is 101 Å². The number of carbonyl (C=O) groups excluding carboxylic acids is 2. The highest BCUT2D eigenvalue weighted by atomic mass is 32.1. The highest BCUT2D eigenvalue weighted by molar-refractivity contribution is 7.80. The van der Waals surface area contributed by atoms with E-state index in [1.165, 1.54) is 0 Å². The summed E-state index contributed by atoms with van der Waals surface area (Å²) < 4.78 is 92.3. The van der Waals surface area contributed by atoms with E-state index in [0.717, 1.165) is 0 Å². The largest absolute Gasteiger partial charge is 0.452 e. The Labute approximate surface area is 291 Å². The molecule has 0 aliphatic carbocycles. The molecule has 0 bridgehead atoms. The minimum atomic E-state index is -5.04. The molecular formula is C35H38F6N4O4S. The van der Waals surface area contributed by atoms with E-state index in [-0.39, 0.29) is 34.1 Å². The average molecular weight is 725 g/mol. The summed E-state index contributed by atoms with van der Waals surface area (Å²) in [6, 6.07) is 10.3. The number of alkyl halides is 6. The molecule has 50 heavy (non-hydrogen) atoms. The zero-order valence-corrected chi connectivity index (χ0v) is 29.4. The first-order valence-corrected chi connectivity index (χ1v) is 15.8. The van der Waals surface area contributed by atoms with E-state index in [4.69, 9.17) is 21.7 Å². The summed E-state index contributed by atoms with van der Waals surface area (Å²) >= 11 is 5.30. The second kappa shape index (κ2) is 13.3. The molecule has 3 aromatic rings. The van der Waals surface area contributed by atoms with Crippen LogP contribution < -0.4 is 26.0 Å². The lowest BCUT2D eigenvalue weighted by atomic mass is 9.75. The zero-order chi connectivity index (χ0) is 37.6. The Balaban J connectivity index is 1.65. The first kappa shape index (κ1) is 38.3. The number of ether oxygens (including phenoxy) is 2. The van der Waals surface area contributed by atoms with Gasteiger partial charge in [-0.25, -0.2) is 4.79 Å². The van der Waals surface area contributed by atoms with Crippen molar-refractivity contribution in [2.45, 2.75) is 84.8 Å². The number of benzene rings is 3. The van der Waals surface area contributed by atoms with Crippen molar-refractivity contribution >= 4 is 46.4 Å². The number of hydrogen-bond acceptors (Lipinski definition) is 5. The Morgan fingerprint density at radius 1 is 0.760 bits per heavy atom. The van der Waals surface area contributed by atoms with Crippen LogP contribution in [0.15, 0.2) is 54.6 Å². The number of amides is 2. The minimum Gasteiger partial charge on any atom is -0.452 e. The van der Waals surface area contributed by atoms with Crippen molar-refractivity contribution in [3.05, 3.63) is 76.9 Å². The van der Waals surface area contributed by atoms with Gasteiger partial charge in [0.05, 0.1) is 22.5 Å². The van der Waals surface area contributed by atoms with Crippen molar-refractivity contribution in [3.63, 3.8) is 0 Å². The van der Waals surface area contributed by atoms with Crippen LogP contribution in [0.4, 0.5) is 48.2 Å². The van der Waals surface area contributed by atoms with Gasteiger partial charge >= 0.3 is 18.4 Å². The van der Waals surface area contributed by atoms with Gasteiger partial charge in [0.25, 0.3) is 0 Å². The normalized spacial score (nSPS) is 14.7. The maximum Gasteiger partial charge on any atom is 0.416 e. The fraction of sp³-hybridized carbons (Fsp3) is 0.400. The fourth-order valence-electron chi connectivity index (χ4n) is 5.34. The van der Waals surface area contributed by atoms with Gasteiger partial charge in [-0.05, 0) is 68.7 Å². The highest BCUT2D eigenvalue weighted by Crippen LogP contribution is 2.53. The lowest BCUT2D eigenvalue weighted by Crippen LogP contribution is -2.52. The van der Waals surface area contributed by atoms with Crippen LogP contribution in [0.5, 0.6) is 11.5 Å². The molecule has 1 aliphatic rings. The van der Waals surface area contributed by atoms with Crippen molar-refractivity contribution in [3.8, 4) is 11.5 Å². The van der Waals surface area contributed by atoms with Crippen molar-refractivity contribution in [1.29, 1.82) is 0 Å². The number of halogens is 6. The third-order valence-corrected chi connectivity index (χ3v) is 7.93. The summed E-state index contributed by atoms with van der Waals surface area (Å²) in [6.45, 7) is 14.3. The fourth-order valence-corrected chi connectivity index (χ4v) is 5.57. The van der Waals surface area contributed by atoms with E-state index in [1.54, 1.807) is 71.9 Å². The molecule has 0 aromatic heterocycles. The SMILES string of the molecule is CC(C)(C)OC(=O)N[C@H](C(=O)Nc1cccc2c1Oc1c(NC(=S)Nc3cc(C(F)(F)F)cc(C(F)(F)F)c3)cccc1C2(C)C)C(C)(C)C. The van der Waals surface area contributed by atoms with Gasteiger partial charge in [0, 0.05) is 22.2 Å². The molecule has 2 amide bonds. The zero-order valence-electron chi connectivity index (χ0n) is 28.6. The monoisotopic (exact) mass is 724 g/mol. The number of alkyl carbamates (subject to hydrolysis) is 1. The van der Waals surface area contributed by atoms with E-state index >= 15 is 0 Å². The van der Waals surface area contributed by atoms with Gasteiger partial charge in [0.2, 0.25) is 5.91 Å². The Kier molecular flexibility index (Phi) is 10.2. The summed E-state index contributed by atoms with van der Waals surface area (Å²) in [5, 5.41) is 10.5. The van der Waals surface area contributed by atoms with E-state index in [0.29, 0.717) is 23.3 Å². The number of rotatable bonds is 5. The van der Waals surface area contributed by atoms with E-state index in [9.17, 15) is 35.9 Å². The first-order chi connectivity index (χ1) is 22.8. The van der Waals surface area contributed by atoms with Gasteiger partial charge in [0.15, 0.2) is 16.6 Å². The Morgan fingerprint density at radius 2 is 1.24 bits per heavy atom. The number of anilines is 3. The molecule has 0 saturated heterocycles. The van der Waals surface area contributed by atoms with Crippen molar-refractivity contribution in [2.24, 2.45) is 5.41 Å². The van der Waals surface area contributed by atoms with Crippen LogP contribution in [0.25, 0.3) is 0 Å². The molecule has 8 nitrogen and oxygen atoms in total. The molecule has 4 N–H and O–H groups in total. The summed E-state index contributed by atoms with van der Waals surface area (Å²) in [4.78, 5) is 26.3. The maximum atomic E-state index is 13.7. The number of carbonyl (C=O) groups is 2. The van der Waals surface area contributed by atoms with Crippen LogP contribution in [0.2, 0.25) is 0 Å². The van der Waals surface area contributed by atoms with E-state index in [1.807, 2.05) is 19.9 Å². The van der Waals surface area contributed by atoms with E-state index < -0.39 is 63.6 Å². The predicted molar refractivity (Wildman–Crippen MR) is 183 cm³/mol. The standard InChI is InChI=1S/C35H38F6N4O4S/c1-31(2,3)27(45-30(47)49-32(4,5)6)28(46)43-23-13-9-11-21-25(23)48-26-22(33(21,7)8)12-10-14-24(26)44-29(50)42-20-16-18(34(36,37)38)15-19(17-20)35(39,40)41/h9-17,27H,1-8H3,(H,43,46)(H,45,47)(H2,42,44,50)/t27-/m1/s1. The van der Waals surface area contributed by atoms with Gasteiger partial charge in [0.1, 0.15) is 11.6 Å². The molecule has 3 aromatic carbocycles. The van der Waals surface area contributed by atoms with Gasteiger partial charge in [-0.15, -0.1) is 0 Å². The molecule has 0 spiro atoms. The molecular weight excluding hydrogens is 686 g/mol. The highest BCUT2D eigenvalue weighted by Gasteiger charge is 2.40.